The molecule has 1 aromatic carbocycles. The van der Waals surface area contributed by atoms with Crippen LogP contribution in [0.5, 0.6) is 0 Å². The molecule has 0 amide bonds. The average molecular weight is 293 g/mol. The number of imidazole rings is 1. The lowest BCUT2D eigenvalue weighted by atomic mass is 10.3. The van der Waals surface area contributed by atoms with Gasteiger partial charge < -0.3 is 15.0 Å². The number of aromatic nitrogens is 3. The van der Waals surface area contributed by atoms with Crippen LogP contribution < -0.4 is 10.6 Å². The van der Waals surface area contributed by atoms with Gasteiger partial charge in [-0.05, 0) is 12.1 Å². The first-order valence-electron chi connectivity index (χ1n) is 6.02. The van der Waals surface area contributed by atoms with Crippen LogP contribution in [0.15, 0.2) is 30.7 Å². The van der Waals surface area contributed by atoms with Crippen LogP contribution in [0, 0.1) is 17.5 Å². The van der Waals surface area contributed by atoms with Crippen molar-refractivity contribution in [2.45, 2.75) is 0 Å². The summed E-state index contributed by atoms with van der Waals surface area (Å²) in [6.07, 6.45) is 4.92. The lowest BCUT2D eigenvalue weighted by Gasteiger charge is -2.10. The number of halogens is 3. The predicted octanol–water partition coefficient (Wildman–Crippen LogP) is 2.93. The van der Waals surface area contributed by atoms with Gasteiger partial charge in [-0.25, -0.2) is 23.1 Å². The molecule has 0 aliphatic heterocycles. The summed E-state index contributed by atoms with van der Waals surface area (Å²) in [5.41, 5.74) is 0.206. The third-order valence-electron chi connectivity index (χ3n) is 2.92. The highest BCUT2D eigenvalue weighted by Crippen LogP contribution is 2.25. The van der Waals surface area contributed by atoms with E-state index in [2.05, 4.69) is 20.6 Å². The summed E-state index contributed by atoms with van der Waals surface area (Å²) in [6, 6.07) is 1.94. The summed E-state index contributed by atoms with van der Waals surface area (Å²) in [4.78, 5) is 8.27. The van der Waals surface area contributed by atoms with Crippen molar-refractivity contribution in [1.29, 1.82) is 0 Å². The second-order valence-electron chi connectivity index (χ2n) is 4.23. The van der Waals surface area contributed by atoms with Crippen molar-refractivity contribution in [3.05, 3.63) is 48.2 Å². The predicted molar refractivity (Wildman–Crippen MR) is 72.1 cm³/mol. The highest BCUT2D eigenvalue weighted by Gasteiger charge is 2.15. The molecule has 0 spiro atoms. The van der Waals surface area contributed by atoms with E-state index < -0.39 is 17.5 Å². The number of hydrogen-bond acceptors (Lipinski definition) is 4. The molecular formula is C13H10F3N5. The van der Waals surface area contributed by atoms with Crippen LogP contribution in [0.4, 0.5) is 30.5 Å². The van der Waals surface area contributed by atoms with Gasteiger partial charge in [-0.3, -0.25) is 0 Å². The van der Waals surface area contributed by atoms with Crippen molar-refractivity contribution >= 4 is 23.0 Å². The zero-order valence-electron chi connectivity index (χ0n) is 10.9. The van der Waals surface area contributed by atoms with E-state index >= 15 is 0 Å². The molecule has 3 aromatic rings. The lowest BCUT2D eigenvalue weighted by Crippen LogP contribution is -2.04. The molecule has 0 radical (unpaired) electrons. The number of nitrogens with zero attached hydrogens (tertiary/aromatic N) is 3. The second-order valence-corrected chi connectivity index (χ2v) is 4.23. The fraction of sp³-hybridized carbons (Fsp3) is 0.0769. The van der Waals surface area contributed by atoms with Gasteiger partial charge in [-0.1, -0.05) is 0 Å². The Bertz CT molecular complexity index is 815. The van der Waals surface area contributed by atoms with Crippen molar-refractivity contribution in [3.63, 3.8) is 0 Å². The van der Waals surface area contributed by atoms with Gasteiger partial charge in [0.1, 0.15) is 5.82 Å². The van der Waals surface area contributed by atoms with Crippen molar-refractivity contribution in [2.75, 3.05) is 17.7 Å². The first-order valence-corrected chi connectivity index (χ1v) is 6.02. The summed E-state index contributed by atoms with van der Waals surface area (Å²) >= 11 is 0. The first-order chi connectivity index (χ1) is 10.1. The van der Waals surface area contributed by atoms with Crippen LogP contribution >= 0.6 is 0 Å². The van der Waals surface area contributed by atoms with Crippen LogP contribution in [0.3, 0.4) is 0 Å². The fourth-order valence-electron chi connectivity index (χ4n) is 1.89. The van der Waals surface area contributed by atoms with Gasteiger partial charge in [0.25, 0.3) is 0 Å². The minimum absolute atomic E-state index is 0.219. The van der Waals surface area contributed by atoms with Crippen LogP contribution in [0.2, 0.25) is 0 Å². The van der Waals surface area contributed by atoms with E-state index in [0.29, 0.717) is 11.5 Å². The molecule has 0 saturated carbocycles. The highest BCUT2D eigenvalue weighted by atomic mass is 19.2. The van der Waals surface area contributed by atoms with Crippen molar-refractivity contribution in [1.82, 2.24) is 14.4 Å². The van der Waals surface area contributed by atoms with E-state index in [1.54, 1.807) is 30.0 Å². The number of hydrogen-bond donors (Lipinski definition) is 2. The third kappa shape index (κ3) is 2.24. The molecule has 0 atom stereocenters. The largest absolute Gasteiger partial charge is 0.372 e. The smallest absolute Gasteiger partial charge is 0.196 e. The molecule has 2 aromatic heterocycles. The van der Waals surface area contributed by atoms with Gasteiger partial charge in [-0.15, -0.1) is 0 Å². The molecule has 0 bridgehead atoms. The molecule has 108 valence electrons. The highest BCUT2D eigenvalue weighted by molar-refractivity contribution is 5.71. The molecule has 0 unspecified atom stereocenters. The molecule has 5 nitrogen and oxygen atoms in total. The molecule has 2 heterocycles. The molecule has 0 aliphatic carbocycles. The molecular weight excluding hydrogens is 283 g/mol. The second kappa shape index (κ2) is 4.97. The standard InChI is InChI=1S/C13H10F3N5/c1-17-9-6-21-5-4-18-13(21)12(20-9)19-8-3-2-7(14)10(15)11(8)16/h2-6,17H,1H3,(H,19,20). The monoisotopic (exact) mass is 293 g/mol. The Kier molecular flexibility index (Phi) is 3.13. The summed E-state index contributed by atoms with van der Waals surface area (Å²) in [5.74, 6) is -3.37. The number of benzene rings is 1. The number of fused-ring (bicyclic) bond motifs is 1. The third-order valence-corrected chi connectivity index (χ3v) is 2.92. The van der Waals surface area contributed by atoms with Crippen LogP contribution in [-0.2, 0) is 0 Å². The molecule has 0 saturated heterocycles. The molecule has 2 N–H and O–H groups in total. The van der Waals surface area contributed by atoms with E-state index in [0.717, 1.165) is 12.1 Å². The molecule has 8 heteroatoms. The van der Waals surface area contributed by atoms with Crippen molar-refractivity contribution in [2.24, 2.45) is 0 Å². The Balaban J connectivity index is 2.09. The zero-order chi connectivity index (χ0) is 15.0. The molecule has 3 rings (SSSR count). The van der Waals surface area contributed by atoms with Crippen LogP contribution in [0.1, 0.15) is 0 Å². The molecule has 0 aliphatic rings. The van der Waals surface area contributed by atoms with Crippen molar-refractivity contribution in [3.8, 4) is 0 Å². The Hall–Kier alpha value is -2.77. The SMILES string of the molecule is CNc1cn2ccnc2c(Nc2ccc(F)c(F)c2F)n1. The topological polar surface area (TPSA) is 54.2 Å². The summed E-state index contributed by atoms with van der Waals surface area (Å²) in [7, 11) is 1.67. The lowest BCUT2D eigenvalue weighted by molar-refractivity contribution is 0.449. The van der Waals surface area contributed by atoms with E-state index in [4.69, 9.17) is 0 Å². The maximum Gasteiger partial charge on any atom is 0.196 e. The van der Waals surface area contributed by atoms with Gasteiger partial charge in [-0.2, -0.15) is 0 Å². The van der Waals surface area contributed by atoms with E-state index in [9.17, 15) is 13.2 Å². The molecule has 0 fully saturated rings. The van der Waals surface area contributed by atoms with E-state index in [-0.39, 0.29) is 11.5 Å². The summed E-state index contributed by atoms with van der Waals surface area (Å²) in [5, 5.41) is 5.47. The summed E-state index contributed by atoms with van der Waals surface area (Å²) < 4.78 is 41.6. The quantitative estimate of drug-likeness (QED) is 0.729. The minimum Gasteiger partial charge on any atom is -0.372 e. The molecule has 21 heavy (non-hydrogen) atoms. The Morgan fingerprint density at radius 1 is 1.14 bits per heavy atom. The Morgan fingerprint density at radius 3 is 2.71 bits per heavy atom. The number of anilines is 3. The van der Waals surface area contributed by atoms with Gasteiger partial charge in [0.05, 0.1) is 11.9 Å². The van der Waals surface area contributed by atoms with Crippen LogP contribution in [-0.4, -0.2) is 21.4 Å². The van der Waals surface area contributed by atoms with E-state index in [1.807, 2.05) is 0 Å². The minimum atomic E-state index is -1.54. The van der Waals surface area contributed by atoms with Gasteiger partial charge in [0, 0.05) is 19.4 Å². The number of nitrogens with one attached hydrogen (secondary N) is 2. The average Bonchev–Trinajstić information content (AvgIpc) is 2.96. The van der Waals surface area contributed by atoms with Gasteiger partial charge in [0.15, 0.2) is 28.9 Å². The van der Waals surface area contributed by atoms with Crippen molar-refractivity contribution < 1.29 is 13.2 Å². The van der Waals surface area contributed by atoms with Crippen LogP contribution in [0.25, 0.3) is 5.65 Å². The van der Waals surface area contributed by atoms with Gasteiger partial charge in [0.2, 0.25) is 0 Å². The zero-order valence-corrected chi connectivity index (χ0v) is 10.9. The first kappa shape index (κ1) is 13.2. The Morgan fingerprint density at radius 2 is 1.95 bits per heavy atom. The Labute approximate surface area is 117 Å². The maximum absolute atomic E-state index is 13.7. The fourth-order valence-corrected chi connectivity index (χ4v) is 1.89. The number of rotatable bonds is 3. The van der Waals surface area contributed by atoms with Gasteiger partial charge >= 0.3 is 0 Å². The maximum atomic E-state index is 13.7. The van der Waals surface area contributed by atoms with E-state index in [1.165, 1.54) is 0 Å². The summed E-state index contributed by atoms with van der Waals surface area (Å²) in [6.45, 7) is 0. The normalized spacial score (nSPS) is 10.9.